The molecule has 0 bridgehead atoms. The summed E-state index contributed by atoms with van der Waals surface area (Å²) >= 11 is 0. The summed E-state index contributed by atoms with van der Waals surface area (Å²) in [6.07, 6.45) is 9.77. The number of hydrogen-bond donors (Lipinski definition) is 1. The molecule has 0 amide bonds. The highest BCUT2D eigenvalue weighted by Crippen LogP contribution is 2.07. The van der Waals surface area contributed by atoms with Gasteiger partial charge in [-0.2, -0.15) is 5.10 Å². The normalized spacial score (nSPS) is 11.3. The molecule has 0 unspecified atom stereocenters. The Morgan fingerprint density at radius 3 is 2.77 bits per heavy atom. The van der Waals surface area contributed by atoms with Crippen LogP contribution in [-0.2, 0) is 16.1 Å². The topological polar surface area (TPSA) is 83.0 Å². The molecule has 6 heteroatoms. The predicted molar refractivity (Wildman–Crippen MR) is 83.8 cm³/mol. The van der Waals surface area contributed by atoms with Gasteiger partial charge in [0.2, 0.25) is 0 Å². The molecule has 6 nitrogen and oxygen atoms in total. The van der Waals surface area contributed by atoms with Crippen molar-refractivity contribution in [3.05, 3.63) is 66.3 Å². The van der Waals surface area contributed by atoms with E-state index in [0.29, 0.717) is 13.1 Å². The van der Waals surface area contributed by atoms with Gasteiger partial charge in [-0.1, -0.05) is 36.4 Å². The second kappa shape index (κ2) is 8.53. The van der Waals surface area contributed by atoms with Crippen LogP contribution in [0.2, 0.25) is 0 Å². The lowest BCUT2D eigenvalue weighted by atomic mass is 10.1. The Bertz CT molecular complexity index is 631. The van der Waals surface area contributed by atoms with E-state index in [1.165, 1.54) is 12.4 Å². The van der Waals surface area contributed by atoms with Gasteiger partial charge in [0.05, 0.1) is 6.54 Å². The maximum atomic E-state index is 11.2. The zero-order valence-electron chi connectivity index (χ0n) is 12.1. The Balaban J connectivity index is 1.79. The van der Waals surface area contributed by atoms with E-state index in [9.17, 15) is 4.79 Å². The third-order valence-corrected chi connectivity index (χ3v) is 2.81. The van der Waals surface area contributed by atoms with Crippen molar-refractivity contribution in [2.45, 2.75) is 6.54 Å². The molecule has 0 saturated heterocycles. The van der Waals surface area contributed by atoms with Crippen LogP contribution in [0, 0.1) is 0 Å². The molecule has 0 spiro atoms. The summed E-state index contributed by atoms with van der Waals surface area (Å²) in [4.78, 5) is 15.1. The Kier molecular flexibility index (Phi) is 6.07. The molecular weight excluding hydrogens is 280 g/mol. The molecule has 0 radical (unpaired) electrons. The number of carbonyl (C=O) groups excluding carboxylic acids is 1. The number of hydrogen-bond acceptors (Lipinski definition) is 5. The van der Waals surface area contributed by atoms with Gasteiger partial charge < -0.3 is 10.5 Å². The molecule has 0 atom stereocenters. The van der Waals surface area contributed by atoms with Crippen molar-refractivity contribution in [2.24, 2.45) is 5.73 Å². The molecule has 0 fully saturated rings. The van der Waals surface area contributed by atoms with E-state index in [0.717, 1.165) is 11.1 Å². The molecule has 2 N–H and O–H groups in total. The second-order valence-corrected chi connectivity index (χ2v) is 4.51. The first-order valence-corrected chi connectivity index (χ1v) is 6.89. The molecule has 0 aliphatic carbocycles. The van der Waals surface area contributed by atoms with Gasteiger partial charge in [0.15, 0.2) is 0 Å². The third kappa shape index (κ3) is 5.34. The van der Waals surface area contributed by atoms with Crippen LogP contribution >= 0.6 is 0 Å². The summed E-state index contributed by atoms with van der Waals surface area (Å²) in [5.74, 6) is -0.390. The molecule has 2 aromatic rings. The van der Waals surface area contributed by atoms with E-state index < -0.39 is 5.97 Å². The highest BCUT2D eigenvalue weighted by molar-refractivity contribution is 5.82. The van der Waals surface area contributed by atoms with Gasteiger partial charge in [-0.3, -0.25) is 0 Å². The molecule has 1 aromatic carbocycles. The highest BCUT2D eigenvalue weighted by atomic mass is 16.5. The molecule has 2 rings (SSSR count). The summed E-state index contributed by atoms with van der Waals surface area (Å²) in [5, 5.41) is 4.06. The number of rotatable bonds is 7. The zero-order valence-corrected chi connectivity index (χ0v) is 12.1. The lowest BCUT2D eigenvalue weighted by molar-refractivity contribution is -0.136. The Morgan fingerprint density at radius 2 is 2.09 bits per heavy atom. The molecule has 1 heterocycles. The predicted octanol–water partition coefficient (Wildman–Crippen LogP) is 1.40. The molecule has 0 saturated carbocycles. The van der Waals surface area contributed by atoms with Crippen LogP contribution in [0.15, 0.2) is 55.1 Å². The number of benzene rings is 1. The van der Waals surface area contributed by atoms with E-state index in [4.69, 9.17) is 10.5 Å². The SMILES string of the molecule is NCC=CC(=O)OCC=Cc1ccc(Cn2cncn2)cc1. The number of nitrogens with zero attached hydrogens (tertiary/aromatic N) is 3. The lowest BCUT2D eigenvalue weighted by Gasteiger charge is -2.02. The zero-order chi connectivity index (χ0) is 15.6. The fourth-order valence-corrected chi connectivity index (χ4v) is 1.76. The first kappa shape index (κ1) is 15.7. The van der Waals surface area contributed by atoms with E-state index >= 15 is 0 Å². The van der Waals surface area contributed by atoms with Crippen LogP contribution in [0.4, 0.5) is 0 Å². The van der Waals surface area contributed by atoms with Crippen molar-refractivity contribution >= 4 is 12.0 Å². The number of esters is 1. The standard InChI is InChI=1S/C16H18N4O2/c17-9-1-4-16(21)22-10-2-3-14-5-7-15(8-6-14)11-20-13-18-12-19-20/h1-8,12-13H,9-11,17H2. The van der Waals surface area contributed by atoms with Crippen LogP contribution in [0.1, 0.15) is 11.1 Å². The molecule has 114 valence electrons. The number of nitrogens with two attached hydrogens (primary N) is 1. The average molecular weight is 298 g/mol. The second-order valence-electron chi connectivity index (χ2n) is 4.51. The van der Waals surface area contributed by atoms with Crippen LogP contribution in [0.3, 0.4) is 0 Å². The van der Waals surface area contributed by atoms with Gasteiger partial charge in [-0.05, 0) is 17.2 Å². The van der Waals surface area contributed by atoms with E-state index in [2.05, 4.69) is 10.1 Å². The van der Waals surface area contributed by atoms with Gasteiger partial charge in [-0.15, -0.1) is 0 Å². The van der Waals surface area contributed by atoms with Crippen LogP contribution < -0.4 is 5.73 Å². The van der Waals surface area contributed by atoms with Crippen molar-refractivity contribution < 1.29 is 9.53 Å². The quantitative estimate of drug-likeness (QED) is 0.617. The molecule has 0 aliphatic rings. The Morgan fingerprint density at radius 1 is 1.27 bits per heavy atom. The van der Waals surface area contributed by atoms with Gasteiger partial charge in [0.25, 0.3) is 0 Å². The minimum atomic E-state index is -0.390. The number of ether oxygens (including phenoxy) is 1. The van der Waals surface area contributed by atoms with Crippen molar-refractivity contribution in [3.63, 3.8) is 0 Å². The van der Waals surface area contributed by atoms with Crippen molar-refractivity contribution in [2.75, 3.05) is 13.2 Å². The monoisotopic (exact) mass is 298 g/mol. The molecular formula is C16H18N4O2. The summed E-state index contributed by atoms with van der Waals surface area (Å²) < 4.78 is 6.74. The fourth-order valence-electron chi connectivity index (χ4n) is 1.76. The first-order valence-electron chi connectivity index (χ1n) is 6.89. The van der Waals surface area contributed by atoms with Gasteiger partial charge >= 0.3 is 5.97 Å². The van der Waals surface area contributed by atoms with E-state index in [1.807, 2.05) is 30.3 Å². The Labute approximate surface area is 128 Å². The van der Waals surface area contributed by atoms with Gasteiger partial charge in [0.1, 0.15) is 19.3 Å². The third-order valence-electron chi connectivity index (χ3n) is 2.81. The molecule has 22 heavy (non-hydrogen) atoms. The van der Waals surface area contributed by atoms with Crippen LogP contribution in [0.25, 0.3) is 6.08 Å². The number of aromatic nitrogens is 3. The minimum absolute atomic E-state index is 0.231. The largest absolute Gasteiger partial charge is 0.458 e. The summed E-state index contributed by atoms with van der Waals surface area (Å²) in [6.45, 7) is 1.25. The van der Waals surface area contributed by atoms with Crippen molar-refractivity contribution in [1.29, 1.82) is 0 Å². The fraction of sp³-hybridized carbons (Fsp3) is 0.188. The Hall–Kier alpha value is -2.73. The summed E-state index contributed by atoms with van der Waals surface area (Å²) in [5.41, 5.74) is 7.42. The van der Waals surface area contributed by atoms with Crippen LogP contribution in [-0.4, -0.2) is 33.9 Å². The summed E-state index contributed by atoms with van der Waals surface area (Å²) in [6, 6.07) is 8.05. The van der Waals surface area contributed by atoms with E-state index in [1.54, 1.807) is 23.2 Å². The average Bonchev–Trinajstić information content (AvgIpc) is 3.04. The smallest absolute Gasteiger partial charge is 0.330 e. The lowest BCUT2D eigenvalue weighted by Crippen LogP contribution is -2.02. The molecule has 0 aliphatic heterocycles. The van der Waals surface area contributed by atoms with Crippen LogP contribution in [0.5, 0.6) is 0 Å². The van der Waals surface area contributed by atoms with Crippen molar-refractivity contribution in [3.8, 4) is 0 Å². The van der Waals surface area contributed by atoms with Gasteiger partial charge in [-0.25, -0.2) is 14.5 Å². The van der Waals surface area contributed by atoms with E-state index in [-0.39, 0.29) is 6.61 Å². The van der Waals surface area contributed by atoms with Gasteiger partial charge in [0, 0.05) is 12.6 Å². The maximum Gasteiger partial charge on any atom is 0.330 e. The maximum absolute atomic E-state index is 11.2. The highest BCUT2D eigenvalue weighted by Gasteiger charge is 1.96. The molecule has 1 aromatic heterocycles. The van der Waals surface area contributed by atoms with Crippen molar-refractivity contribution in [1.82, 2.24) is 14.8 Å². The first-order chi connectivity index (χ1) is 10.8. The number of carbonyl (C=O) groups is 1. The minimum Gasteiger partial charge on any atom is -0.458 e. The summed E-state index contributed by atoms with van der Waals surface area (Å²) in [7, 11) is 0.